The summed E-state index contributed by atoms with van der Waals surface area (Å²) in [4.78, 5) is 24.8. The highest BCUT2D eigenvalue weighted by atomic mass is 16.5. The molecule has 2 amide bonds. The number of carbonyl (C=O) groups is 2. The number of aromatic carboxylic acids is 1. The van der Waals surface area contributed by atoms with Gasteiger partial charge in [-0.05, 0) is 18.6 Å². The Morgan fingerprint density at radius 2 is 2.14 bits per heavy atom. The van der Waals surface area contributed by atoms with Gasteiger partial charge in [-0.1, -0.05) is 0 Å². The van der Waals surface area contributed by atoms with Crippen LogP contribution in [0.15, 0.2) is 18.2 Å². The van der Waals surface area contributed by atoms with Gasteiger partial charge in [-0.25, -0.2) is 9.59 Å². The van der Waals surface area contributed by atoms with Crippen LogP contribution in [0, 0.1) is 0 Å². The molecule has 7 heteroatoms. The summed E-state index contributed by atoms with van der Waals surface area (Å²) >= 11 is 0. The predicted octanol–water partition coefficient (Wildman–Crippen LogP) is 1.65. The molecule has 7 nitrogen and oxygen atoms in total. The smallest absolute Gasteiger partial charge is 0.339 e. The molecule has 1 unspecified atom stereocenters. The van der Waals surface area contributed by atoms with E-state index in [4.69, 9.17) is 14.6 Å². The van der Waals surface area contributed by atoms with Gasteiger partial charge < -0.3 is 24.8 Å². The van der Waals surface area contributed by atoms with Gasteiger partial charge in [-0.2, -0.15) is 0 Å². The van der Waals surface area contributed by atoms with Crippen molar-refractivity contribution in [1.29, 1.82) is 0 Å². The molecule has 0 spiro atoms. The second-order valence-electron chi connectivity index (χ2n) is 4.74. The molecule has 0 aliphatic carbocycles. The van der Waals surface area contributed by atoms with Gasteiger partial charge in [-0.15, -0.1) is 0 Å². The molecule has 1 aromatic carbocycles. The number of likely N-dealkylation sites (tertiary alicyclic amines) is 1. The molecule has 0 saturated carbocycles. The number of hydrogen-bond acceptors (Lipinski definition) is 4. The summed E-state index contributed by atoms with van der Waals surface area (Å²) < 4.78 is 10.2. The minimum absolute atomic E-state index is 0.0520. The number of amides is 2. The van der Waals surface area contributed by atoms with Crippen molar-refractivity contribution in [3.05, 3.63) is 23.8 Å². The Kier molecular flexibility index (Phi) is 4.64. The van der Waals surface area contributed by atoms with E-state index in [1.807, 2.05) is 0 Å². The molecule has 1 atom stereocenters. The van der Waals surface area contributed by atoms with E-state index in [1.165, 1.54) is 25.3 Å². The van der Waals surface area contributed by atoms with Gasteiger partial charge in [0.1, 0.15) is 11.3 Å². The number of nitrogens with zero attached hydrogens (tertiary/aromatic N) is 1. The fourth-order valence-electron chi connectivity index (χ4n) is 2.25. The Morgan fingerprint density at radius 1 is 1.38 bits per heavy atom. The maximum absolute atomic E-state index is 12.1. The third-order valence-corrected chi connectivity index (χ3v) is 3.45. The minimum Gasteiger partial charge on any atom is -0.496 e. The van der Waals surface area contributed by atoms with Crippen LogP contribution in [0.25, 0.3) is 0 Å². The second-order valence-corrected chi connectivity index (χ2v) is 4.74. The first kappa shape index (κ1) is 15.1. The van der Waals surface area contributed by atoms with Crippen LogP contribution in [0.4, 0.5) is 10.5 Å². The predicted molar refractivity (Wildman–Crippen MR) is 76.0 cm³/mol. The molecule has 1 aliphatic heterocycles. The zero-order chi connectivity index (χ0) is 15.4. The van der Waals surface area contributed by atoms with Crippen molar-refractivity contribution >= 4 is 17.7 Å². The lowest BCUT2D eigenvalue weighted by atomic mass is 10.2. The highest BCUT2D eigenvalue weighted by Gasteiger charge is 2.26. The number of urea groups is 1. The average molecular weight is 294 g/mol. The number of rotatable bonds is 4. The first-order chi connectivity index (χ1) is 10.0. The quantitative estimate of drug-likeness (QED) is 0.881. The van der Waals surface area contributed by atoms with E-state index in [9.17, 15) is 9.59 Å². The van der Waals surface area contributed by atoms with Crippen LogP contribution in [0.5, 0.6) is 5.75 Å². The molecule has 1 heterocycles. The minimum atomic E-state index is -1.08. The van der Waals surface area contributed by atoms with E-state index in [0.717, 1.165) is 6.42 Å². The molecule has 1 aliphatic rings. The number of carbonyl (C=O) groups excluding carboxylic acids is 1. The molecule has 2 N–H and O–H groups in total. The van der Waals surface area contributed by atoms with Crippen molar-refractivity contribution in [2.24, 2.45) is 0 Å². The van der Waals surface area contributed by atoms with Crippen molar-refractivity contribution in [1.82, 2.24) is 4.90 Å². The zero-order valence-electron chi connectivity index (χ0n) is 12.0. The lowest BCUT2D eigenvalue weighted by molar-refractivity contribution is 0.0693. The van der Waals surface area contributed by atoms with Crippen LogP contribution in [0.1, 0.15) is 16.8 Å². The molecule has 1 saturated heterocycles. The van der Waals surface area contributed by atoms with Crippen LogP contribution in [-0.4, -0.2) is 55.4 Å². The summed E-state index contributed by atoms with van der Waals surface area (Å²) in [6, 6.07) is 4.19. The van der Waals surface area contributed by atoms with E-state index in [0.29, 0.717) is 18.8 Å². The van der Waals surface area contributed by atoms with Crippen LogP contribution in [0.3, 0.4) is 0 Å². The summed E-state index contributed by atoms with van der Waals surface area (Å²) in [7, 11) is 3.01. The molecule has 1 fully saturated rings. The van der Waals surface area contributed by atoms with E-state index in [1.54, 1.807) is 12.0 Å². The van der Waals surface area contributed by atoms with Crippen molar-refractivity contribution in [2.45, 2.75) is 12.5 Å². The number of ether oxygens (including phenoxy) is 2. The Hall–Kier alpha value is -2.28. The highest BCUT2D eigenvalue weighted by molar-refractivity contribution is 5.94. The van der Waals surface area contributed by atoms with Crippen LogP contribution in [-0.2, 0) is 4.74 Å². The molecule has 1 aromatic rings. The standard InChI is InChI=1S/C14H18N2O5/c1-20-10-5-6-16(8-10)14(19)15-9-3-4-11(13(17)18)12(7-9)21-2/h3-4,7,10H,5-6,8H2,1-2H3,(H,15,19)(H,17,18). The molecule has 0 aromatic heterocycles. The number of anilines is 1. The third-order valence-electron chi connectivity index (χ3n) is 3.45. The summed E-state index contributed by atoms with van der Waals surface area (Å²) in [6.45, 7) is 1.18. The van der Waals surface area contributed by atoms with Gasteiger partial charge in [0, 0.05) is 32.0 Å². The van der Waals surface area contributed by atoms with Crippen molar-refractivity contribution < 1.29 is 24.2 Å². The fourth-order valence-corrected chi connectivity index (χ4v) is 2.25. The van der Waals surface area contributed by atoms with Gasteiger partial charge in [0.25, 0.3) is 0 Å². The van der Waals surface area contributed by atoms with Gasteiger partial charge >= 0.3 is 12.0 Å². The number of carboxylic acids is 1. The van der Waals surface area contributed by atoms with Crippen LogP contribution in [0.2, 0.25) is 0 Å². The Labute approximate surface area is 122 Å². The first-order valence-corrected chi connectivity index (χ1v) is 6.55. The van der Waals surface area contributed by atoms with Gasteiger partial charge in [0.05, 0.1) is 13.2 Å². The Balaban J connectivity index is 2.06. The number of benzene rings is 1. The fraction of sp³-hybridized carbons (Fsp3) is 0.429. The zero-order valence-corrected chi connectivity index (χ0v) is 12.0. The monoisotopic (exact) mass is 294 g/mol. The molecule has 2 rings (SSSR count). The third kappa shape index (κ3) is 3.43. The van der Waals surface area contributed by atoms with E-state index in [-0.39, 0.29) is 23.4 Å². The van der Waals surface area contributed by atoms with Gasteiger partial charge in [-0.3, -0.25) is 0 Å². The number of carboxylic acid groups (broad SMARTS) is 1. The van der Waals surface area contributed by atoms with Crippen molar-refractivity contribution in [2.75, 3.05) is 32.6 Å². The topological polar surface area (TPSA) is 88.1 Å². The molecule has 0 bridgehead atoms. The average Bonchev–Trinajstić information content (AvgIpc) is 2.95. The SMILES string of the molecule is COc1cc(NC(=O)N2CCC(OC)C2)ccc1C(=O)O. The summed E-state index contributed by atoms with van der Waals surface area (Å²) in [5, 5.41) is 11.7. The van der Waals surface area contributed by atoms with Crippen molar-refractivity contribution in [3.8, 4) is 5.75 Å². The normalized spacial score (nSPS) is 17.6. The largest absolute Gasteiger partial charge is 0.496 e. The molecular weight excluding hydrogens is 276 g/mol. The molecule has 0 radical (unpaired) electrons. The lowest BCUT2D eigenvalue weighted by Crippen LogP contribution is -2.33. The maximum atomic E-state index is 12.1. The van der Waals surface area contributed by atoms with E-state index < -0.39 is 5.97 Å². The van der Waals surface area contributed by atoms with E-state index in [2.05, 4.69) is 5.32 Å². The Morgan fingerprint density at radius 3 is 2.71 bits per heavy atom. The Bertz CT molecular complexity index is 546. The van der Waals surface area contributed by atoms with Crippen molar-refractivity contribution in [3.63, 3.8) is 0 Å². The molecule has 114 valence electrons. The molecular formula is C14H18N2O5. The van der Waals surface area contributed by atoms with Crippen LogP contribution >= 0.6 is 0 Å². The summed E-state index contributed by atoms with van der Waals surface area (Å²) in [6.07, 6.45) is 0.880. The summed E-state index contributed by atoms with van der Waals surface area (Å²) in [5.41, 5.74) is 0.541. The van der Waals surface area contributed by atoms with Crippen LogP contribution < -0.4 is 10.1 Å². The summed E-state index contributed by atoms with van der Waals surface area (Å²) in [5.74, 6) is -0.872. The number of nitrogens with one attached hydrogen (secondary N) is 1. The number of hydrogen-bond donors (Lipinski definition) is 2. The van der Waals surface area contributed by atoms with Gasteiger partial charge in [0.15, 0.2) is 0 Å². The lowest BCUT2D eigenvalue weighted by Gasteiger charge is -2.17. The second kappa shape index (κ2) is 6.45. The molecule has 21 heavy (non-hydrogen) atoms. The van der Waals surface area contributed by atoms with E-state index >= 15 is 0 Å². The maximum Gasteiger partial charge on any atom is 0.339 e. The highest BCUT2D eigenvalue weighted by Crippen LogP contribution is 2.24. The van der Waals surface area contributed by atoms with Gasteiger partial charge in [0.2, 0.25) is 0 Å². The first-order valence-electron chi connectivity index (χ1n) is 6.55. The number of methoxy groups -OCH3 is 2.